The van der Waals surface area contributed by atoms with Gasteiger partial charge < -0.3 is 0 Å². The van der Waals surface area contributed by atoms with Gasteiger partial charge in [-0.2, -0.15) is 0 Å². The molecule has 0 aliphatic heterocycles. The van der Waals surface area contributed by atoms with Crippen molar-refractivity contribution in [3.05, 3.63) is 6.92 Å². The van der Waals surface area contributed by atoms with E-state index < -0.39 is 0 Å². The lowest BCUT2D eigenvalue weighted by atomic mass is 10.2. The summed E-state index contributed by atoms with van der Waals surface area (Å²) in [6, 6.07) is 0. The van der Waals surface area contributed by atoms with Crippen molar-refractivity contribution in [2.24, 2.45) is 0 Å². The zero-order chi connectivity index (χ0) is 7.82. The van der Waals surface area contributed by atoms with Crippen molar-refractivity contribution in [2.45, 2.75) is 32.6 Å². The van der Waals surface area contributed by atoms with Crippen LogP contribution < -0.4 is 0 Å². The van der Waals surface area contributed by atoms with E-state index in [0.717, 1.165) is 11.2 Å². The second kappa shape index (κ2) is 6.59. The van der Waals surface area contributed by atoms with Gasteiger partial charge >= 0.3 is 0 Å². The van der Waals surface area contributed by atoms with Crippen molar-refractivity contribution >= 4 is 6.21 Å². The van der Waals surface area contributed by atoms with E-state index in [9.17, 15) is 0 Å². The van der Waals surface area contributed by atoms with Crippen LogP contribution in [0.25, 0.3) is 0 Å². The van der Waals surface area contributed by atoms with Crippen molar-refractivity contribution in [3.63, 3.8) is 0 Å². The van der Waals surface area contributed by atoms with Gasteiger partial charge in [0.05, 0.1) is 0 Å². The molecule has 0 atom stereocenters. The van der Waals surface area contributed by atoms with Crippen LogP contribution >= 0.6 is 0 Å². The number of unbranched alkanes of at least 4 members (excludes halogenated alkanes) is 3. The van der Waals surface area contributed by atoms with Crippen molar-refractivity contribution in [1.29, 1.82) is 0 Å². The maximum atomic E-state index is 8.87. The highest BCUT2D eigenvalue weighted by Crippen LogP contribution is 1.97. The number of hydroxylamine groups is 1. The van der Waals surface area contributed by atoms with E-state index in [2.05, 4.69) is 13.8 Å². The number of hydrogen-bond donors (Lipinski definition) is 1. The third-order valence-corrected chi connectivity index (χ3v) is 1.45. The molecule has 0 unspecified atom stereocenters. The van der Waals surface area contributed by atoms with E-state index in [4.69, 9.17) is 5.21 Å². The van der Waals surface area contributed by atoms with Crippen LogP contribution in [0.2, 0.25) is 0 Å². The van der Waals surface area contributed by atoms with Crippen molar-refractivity contribution < 1.29 is 9.95 Å². The quantitative estimate of drug-likeness (QED) is 0.205. The monoisotopic (exact) mass is 143 g/mol. The van der Waals surface area contributed by atoms with Gasteiger partial charge in [0.15, 0.2) is 12.8 Å². The maximum absolute atomic E-state index is 8.87. The Kier molecular flexibility index (Phi) is 6.24. The molecule has 0 aromatic heterocycles. The van der Waals surface area contributed by atoms with E-state index in [0.29, 0.717) is 6.54 Å². The molecule has 59 valence electrons. The molecule has 0 aromatic carbocycles. The van der Waals surface area contributed by atoms with Crippen LogP contribution in [0.5, 0.6) is 0 Å². The third kappa shape index (κ3) is 5.60. The lowest BCUT2D eigenvalue weighted by molar-refractivity contribution is -0.771. The van der Waals surface area contributed by atoms with E-state index in [-0.39, 0.29) is 0 Å². The van der Waals surface area contributed by atoms with E-state index in [1.807, 2.05) is 0 Å². The molecular weight excluding hydrogens is 126 g/mol. The van der Waals surface area contributed by atoms with Gasteiger partial charge in [0.2, 0.25) is 0 Å². The summed E-state index contributed by atoms with van der Waals surface area (Å²) >= 11 is 0. The molecule has 0 rings (SSSR count). The molecule has 1 radical (unpaired) electrons. The summed E-state index contributed by atoms with van der Waals surface area (Å²) in [6.45, 7) is 6.32. The van der Waals surface area contributed by atoms with Crippen LogP contribution in [0.1, 0.15) is 32.6 Å². The fraction of sp³-hybridized carbons (Fsp3) is 0.750. The van der Waals surface area contributed by atoms with E-state index >= 15 is 0 Å². The van der Waals surface area contributed by atoms with Gasteiger partial charge in [0.25, 0.3) is 0 Å². The topological polar surface area (TPSA) is 23.2 Å². The second-order valence-corrected chi connectivity index (χ2v) is 2.41. The standard InChI is InChI=1S/C8H17NO/c1-3-5-6-7-8-9(10)4-2/h4,10H,2-3,5-8H2,1H3/q+1. The average molecular weight is 143 g/mol. The molecule has 2 heteroatoms. The molecule has 0 heterocycles. The molecule has 0 spiro atoms. The van der Waals surface area contributed by atoms with Crippen molar-refractivity contribution in [3.8, 4) is 0 Å². The zero-order valence-electron chi connectivity index (χ0n) is 6.71. The Morgan fingerprint density at radius 3 is 2.60 bits per heavy atom. The summed E-state index contributed by atoms with van der Waals surface area (Å²) in [5, 5.41) is 8.87. The Morgan fingerprint density at radius 2 is 2.10 bits per heavy atom. The van der Waals surface area contributed by atoms with Crippen LogP contribution in [0.4, 0.5) is 0 Å². The van der Waals surface area contributed by atoms with Gasteiger partial charge in [-0.3, -0.25) is 5.21 Å². The second-order valence-electron chi connectivity index (χ2n) is 2.41. The molecular formula is C8H17NO+. The summed E-state index contributed by atoms with van der Waals surface area (Å²) in [7, 11) is 0. The molecule has 0 amide bonds. The first kappa shape index (κ1) is 9.47. The fourth-order valence-corrected chi connectivity index (χ4v) is 0.792. The predicted octanol–water partition coefficient (Wildman–Crippen LogP) is 1.87. The summed E-state index contributed by atoms with van der Waals surface area (Å²) in [6.07, 6.45) is 6.17. The summed E-state index contributed by atoms with van der Waals surface area (Å²) in [4.78, 5) is 0. The molecule has 2 nitrogen and oxygen atoms in total. The van der Waals surface area contributed by atoms with E-state index in [1.54, 1.807) is 0 Å². The normalized spacial score (nSPS) is 12.0. The number of rotatable bonds is 5. The minimum atomic E-state index is 0.712. The highest BCUT2D eigenvalue weighted by Gasteiger charge is 1.96. The fourth-order valence-electron chi connectivity index (χ4n) is 0.792. The first-order valence-electron chi connectivity index (χ1n) is 3.89. The lowest BCUT2D eigenvalue weighted by Crippen LogP contribution is -2.07. The SMILES string of the molecule is [CH2]C=[N+](O)CCCCCC. The van der Waals surface area contributed by atoms with Crippen LogP contribution in [-0.2, 0) is 0 Å². The first-order chi connectivity index (χ1) is 4.81. The molecule has 0 aliphatic rings. The Balaban J connectivity index is 3.04. The van der Waals surface area contributed by atoms with Gasteiger partial charge in [0.1, 0.15) is 0 Å². The predicted molar refractivity (Wildman–Crippen MR) is 42.5 cm³/mol. The Hall–Kier alpha value is -0.530. The first-order valence-corrected chi connectivity index (χ1v) is 3.89. The number of nitrogens with zero attached hydrogens (tertiary/aromatic N) is 1. The molecule has 0 aromatic rings. The molecule has 0 saturated carbocycles. The van der Waals surface area contributed by atoms with Gasteiger partial charge in [-0.05, 0) is 11.2 Å². The largest absolute Gasteiger partial charge is 0.291 e. The summed E-state index contributed by atoms with van der Waals surface area (Å²) in [5.74, 6) is 0. The van der Waals surface area contributed by atoms with Crippen LogP contribution in [0.3, 0.4) is 0 Å². The van der Waals surface area contributed by atoms with Crippen LogP contribution in [0, 0.1) is 6.92 Å². The Bertz CT molecular complexity index is 99.4. The molecule has 0 fully saturated rings. The van der Waals surface area contributed by atoms with E-state index in [1.165, 1.54) is 25.5 Å². The van der Waals surface area contributed by atoms with Crippen molar-refractivity contribution in [1.82, 2.24) is 0 Å². The average Bonchev–Trinajstić information content (AvgIpc) is 1.98. The Morgan fingerprint density at radius 1 is 1.40 bits per heavy atom. The van der Waals surface area contributed by atoms with Gasteiger partial charge in [-0.15, -0.1) is 0 Å². The molecule has 0 saturated heterocycles. The van der Waals surface area contributed by atoms with Gasteiger partial charge in [0, 0.05) is 13.3 Å². The zero-order valence-corrected chi connectivity index (χ0v) is 6.71. The van der Waals surface area contributed by atoms with Gasteiger partial charge in [-0.25, -0.2) is 0 Å². The molecule has 0 bridgehead atoms. The summed E-state index contributed by atoms with van der Waals surface area (Å²) in [5.41, 5.74) is 0. The third-order valence-electron chi connectivity index (χ3n) is 1.45. The lowest BCUT2D eigenvalue weighted by Gasteiger charge is -1.92. The molecule has 1 N–H and O–H groups in total. The highest BCUT2D eigenvalue weighted by molar-refractivity contribution is 5.55. The van der Waals surface area contributed by atoms with Crippen molar-refractivity contribution in [2.75, 3.05) is 6.54 Å². The summed E-state index contributed by atoms with van der Waals surface area (Å²) < 4.78 is 1.13. The molecule has 10 heavy (non-hydrogen) atoms. The molecule has 0 aliphatic carbocycles. The highest BCUT2D eigenvalue weighted by atomic mass is 16.5. The minimum Gasteiger partial charge on any atom is -0.291 e. The minimum absolute atomic E-state index is 0.712. The van der Waals surface area contributed by atoms with Gasteiger partial charge in [-0.1, -0.05) is 19.8 Å². The number of hydrogen-bond acceptors (Lipinski definition) is 1. The maximum Gasteiger partial charge on any atom is 0.192 e. The Labute approximate surface area is 63.1 Å². The smallest absolute Gasteiger partial charge is 0.192 e. The van der Waals surface area contributed by atoms with Crippen LogP contribution in [0.15, 0.2) is 0 Å². The van der Waals surface area contributed by atoms with Crippen LogP contribution in [-0.4, -0.2) is 22.7 Å².